The molecule has 5 nitrogen and oxygen atoms in total. The zero-order chi connectivity index (χ0) is 14.2. The molecule has 3 rings (SSSR count). The standard InChI is InChI=1S/C15H22N4O/c1-11-6-14-17-9-12(10-19(14)18-11)8-16-13-4-5-20-15(2,3)7-13/h6,9-10,13,16H,4-5,7-8H2,1-3H3. The SMILES string of the molecule is Cc1cc2ncc(CNC3CCOC(C)(C)C3)cn2n1. The van der Waals surface area contributed by atoms with Crippen molar-refractivity contribution in [3.05, 3.63) is 29.7 Å². The largest absolute Gasteiger partial charge is 0.375 e. The van der Waals surface area contributed by atoms with Crippen LogP contribution in [0.25, 0.3) is 5.65 Å². The summed E-state index contributed by atoms with van der Waals surface area (Å²) in [6.07, 6.45) is 6.09. The van der Waals surface area contributed by atoms with E-state index in [9.17, 15) is 0 Å². The Morgan fingerprint density at radius 1 is 1.50 bits per heavy atom. The summed E-state index contributed by atoms with van der Waals surface area (Å²) in [5.41, 5.74) is 3.04. The van der Waals surface area contributed by atoms with Crippen molar-refractivity contribution in [1.29, 1.82) is 0 Å². The molecule has 20 heavy (non-hydrogen) atoms. The summed E-state index contributed by atoms with van der Waals surface area (Å²) in [4.78, 5) is 4.43. The van der Waals surface area contributed by atoms with Gasteiger partial charge in [-0.2, -0.15) is 5.10 Å². The van der Waals surface area contributed by atoms with E-state index in [-0.39, 0.29) is 5.60 Å². The first-order valence-corrected chi connectivity index (χ1v) is 7.20. The molecule has 3 heterocycles. The van der Waals surface area contributed by atoms with E-state index in [1.165, 1.54) is 0 Å². The van der Waals surface area contributed by atoms with Crippen molar-refractivity contribution in [1.82, 2.24) is 19.9 Å². The molecule has 1 atom stereocenters. The molecule has 108 valence electrons. The smallest absolute Gasteiger partial charge is 0.155 e. The lowest BCUT2D eigenvalue weighted by Gasteiger charge is -2.36. The third-order valence-corrected chi connectivity index (χ3v) is 3.78. The Balaban J connectivity index is 1.64. The van der Waals surface area contributed by atoms with Gasteiger partial charge in [-0.3, -0.25) is 0 Å². The van der Waals surface area contributed by atoms with Gasteiger partial charge in [0.2, 0.25) is 0 Å². The van der Waals surface area contributed by atoms with Crippen LogP contribution >= 0.6 is 0 Å². The topological polar surface area (TPSA) is 51.5 Å². The third-order valence-electron chi connectivity index (χ3n) is 3.78. The molecule has 0 saturated carbocycles. The van der Waals surface area contributed by atoms with E-state index in [0.29, 0.717) is 6.04 Å². The molecule has 1 aliphatic rings. The summed E-state index contributed by atoms with van der Waals surface area (Å²) in [6, 6.07) is 2.49. The summed E-state index contributed by atoms with van der Waals surface area (Å²) >= 11 is 0. The first-order chi connectivity index (χ1) is 9.52. The molecular formula is C15H22N4O. The van der Waals surface area contributed by atoms with Crippen LogP contribution in [0.1, 0.15) is 37.9 Å². The molecule has 0 bridgehead atoms. The van der Waals surface area contributed by atoms with Crippen LogP contribution in [-0.2, 0) is 11.3 Å². The minimum Gasteiger partial charge on any atom is -0.375 e. The van der Waals surface area contributed by atoms with E-state index in [1.807, 2.05) is 29.9 Å². The van der Waals surface area contributed by atoms with Crippen LogP contribution in [0.2, 0.25) is 0 Å². The molecule has 1 N–H and O–H groups in total. The summed E-state index contributed by atoms with van der Waals surface area (Å²) in [5.74, 6) is 0. The number of nitrogens with zero attached hydrogens (tertiary/aromatic N) is 3. The van der Waals surface area contributed by atoms with Gasteiger partial charge in [0, 0.05) is 43.2 Å². The number of rotatable bonds is 3. The van der Waals surface area contributed by atoms with Gasteiger partial charge < -0.3 is 10.1 Å². The Labute approximate surface area is 119 Å². The van der Waals surface area contributed by atoms with Crippen LogP contribution in [0, 0.1) is 6.92 Å². The lowest BCUT2D eigenvalue weighted by Crippen LogP contribution is -2.43. The second kappa shape index (κ2) is 5.14. The van der Waals surface area contributed by atoms with Gasteiger partial charge in [0.25, 0.3) is 0 Å². The predicted octanol–water partition coefficient (Wildman–Crippen LogP) is 2.08. The highest BCUT2D eigenvalue weighted by molar-refractivity contribution is 5.38. The highest BCUT2D eigenvalue weighted by atomic mass is 16.5. The van der Waals surface area contributed by atoms with E-state index in [4.69, 9.17) is 4.74 Å². The summed E-state index contributed by atoms with van der Waals surface area (Å²) < 4.78 is 7.59. The number of nitrogens with one attached hydrogen (secondary N) is 1. The van der Waals surface area contributed by atoms with Gasteiger partial charge in [-0.05, 0) is 33.6 Å². The number of aryl methyl sites for hydroxylation is 1. The van der Waals surface area contributed by atoms with Crippen LogP contribution in [0.15, 0.2) is 18.5 Å². The zero-order valence-electron chi connectivity index (χ0n) is 12.4. The number of fused-ring (bicyclic) bond motifs is 1. The average molecular weight is 274 g/mol. The number of ether oxygens (including phenoxy) is 1. The number of hydrogen-bond donors (Lipinski definition) is 1. The van der Waals surface area contributed by atoms with Crippen molar-refractivity contribution in [3.8, 4) is 0 Å². The quantitative estimate of drug-likeness (QED) is 0.931. The van der Waals surface area contributed by atoms with E-state index >= 15 is 0 Å². The van der Waals surface area contributed by atoms with Gasteiger partial charge in [-0.25, -0.2) is 9.50 Å². The lowest BCUT2D eigenvalue weighted by molar-refractivity contribution is -0.0630. The number of aromatic nitrogens is 3. The highest BCUT2D eigenvalue weighted by Gasteiger charge is 2.28. The third kappa shape index (κ3) is 2.99. The Morgan fingerprint density at radius 3 is 3.15 bits per heavy atom. The zero-order valence-corrected chi connectivity index (χ0v) is 12.4. The second-order valence-corrected chi connectivity index (χ2v) is 6.23. The maximum atomic E-state index is 5.74. The second-order valence-electron chi connectivity index (χ2n) is 6.23. The molecule has 1 unspecified atom stereocenters. The molecule has 2 aromatic heterocycles. The molecule has 5 heteroatoms. The van der Waals surface area contributed by atoms with Gasteiger partial charge in [0.1, 0.15) is 0 Å². The Kier molecular flexibility index (Phi) is 3.48. The minimum atomic E-state index is -0.0166. The lowest BCUT2D eigenvalue weighted by atomic mass is 9.94. The first-order valence-electron chi connectivity index (χ1n) is 7.20. The average Bonchev–Trinajstić information content (AvgIpc) is 2.74. The normalized spacial score (nSPS) is 22.2. The van der Waals surface area contributed by atoms with Crippen LogP contribution in [-0.4, -0.2) is 32.8 Å². The first kappa shape index (κ1) is 13.5. The molecule has 0 spiro atoms. The van der Waals surface area contributed by atoms with Gasteiger partial charge >= 0.3 is 0 Å². The molecular weight excluding hydrogens is 252 g/mol. The predicted molar refractivity (Wildman–Crippen MR) is 77.6 cm³/mol. The van der Waals surface area contributed by atoms with Crippen LogP contribution in [0.5, 0.6) is 0 Å². The Bertz CT molecular complexity index is 605. The fourth-order valence-corrected chi connectivity index (χ4v) is 2.79. The minimum absolute atomic E-state index is 0.0166. The molecule has 1 saturated heterocycles. The van der Waals surface area contributed by atoms with Crippen molar-refractivity contribution in [3.63, 3.8) is 0 Å². The van der Waals surface area contributed by atoms with Crippen LogP contribution in [0.4, 0.5) is 0 Å². The fraction of sp³-hybridized carbons (Fsp3) is 0.600. The van der Waals surface area contributed by atoms with Crippen LogP contribution < -0.4 is 5.32 Å². The van der Waals surface area contributed by atoms with Gasteiger partial charge in [-0.15, -0.1) is 0 Å². The van der Waals surface area contributed by atoms with Gasteiger partial charge in [0.15, 0.2) is 5.65 Å². The van der Waals surface area contributed by atoms with Crippen molar-refractivity contribution in [2.45, 2.75) is 51.8 Å². The molecule has 0 radical (unpaired) electrons. The fourth-order valence-electron chi connectivity index (χ4n) is 2.79. The maximum absolute atomic E-state index is 5.74. The number of hydrogen-bond acceptors (Lipinski definition) is 4. The van der Waals surface area contributed by atoms with Crippen molar-refractivity contribution >= 4 is 5.65 Å². The van der Waals surface area contributed by atoms with Gasteiger partial charge in [-0.1, -0.05) is 0 Å². The van der Waals surface area contributed by atoms with Crippen LogP contribution in [0.3, 0.4) is 0 Å². The van der Waals surface area contributed by atoms with Gasteiger partial charge in [0.05, 0.1) is 11.3 Å². The monoisotopic (exact) mass is 274 g/mol. The summed E-state index contributed by atoms with van der Waals surface area (Å²) in [6.45, 7) is 7.95. The molecule has 0 aromatic carbocycles. The van der Waals surface area contributed by atoms with E-state index < -0.39 is 0 Å². The molecule has 0 amide bonds. The van der Waals surface area contributed by atoms with Crippen molar-refractivity contribution < 1.29 is 4.74 Å². The molecule has 0 aliphatic carbocycles. The summed E-state index contributed by atoms with van der Waals surface area (Å²) in [7, 11) is 0. The van der Waals surface area contributed by atoms with Crippen molar-refractivity contribution in [2.24, 2.45) is 0 Å². The summed E-state index contributed by atoms with van der Waals surface area (Å²) in [5, 5.41) is 8.00. The van der Waals surface area contributed by atoms with E-state index in [1.54, 1.807) is 0 Å². The Morgan fingerprint density at radius 2 is 2.35 bits per heavy atom. The molecule has 1 aliphatic heterocycles. The van der Waals surface area contributed by atoms with Crippen molar-refractivity contribution in [2.75, 3.05) is 6.61 Å². The molecule has 1 fully saturated rings. The molecule has 2 aromatic rings. The van der Waals surface area contributed by atoms with E-state index in [2.05, 4.69) is 29.2 Å². The highest BCUT2D eigenvalue weighted by Crippen LogP contribution is 2.24. The Hall–Kier alpha value is -1.46. The maximum Gasteiger partial charge on any atom is 0.155 e. The van der Waals surface area contributed by atoms with E-state index in [0.717, 1.165) is 42.9 Å².